The van der Waals surface area contributed by atoms with Crippen LogP contribution in [0, 0.1) is 11.3 Å². The minimum atomic E-state index is -3.36. The van der Waals surface area contributed by atoms with Crippen molar-refractivity contribution in [2.45, 2.75) is 59.4 Å². The maximum absolute atomic E-state index is 12.4. The van der Waals surface area contributed by atoms with E-state index >= 15 is 0 Å². The second kappa shape index (κ2) is 9.89. The van der Waals surface area contributed by atoms with Crippen molar-refractivity contribution < 1.29 is 17.9 Å². The highest BCUT2D eigenvalue weighted by Crippen LogP contribution is 2.30. The van der Waals surface area contributed by atoms with E-state index in [0.717, 1.165) is 17.9 Å². The standard InChI is InChI=1S/C21H35NO4S/c1-5-20(18-8-6-9-19(14-18)26-15-17-10-11-17)22-27(23,24)13-7-12-25-16-21(2,3)4/h6,8-9,14,17,20,22H,5,7,10-13,15-16H2,1-4H3/t20-/m1/s1. The van der Waals surface area contributed by atoms with Gasteiger partial charge in [-0.15, -0.1) is 0 Å². The predicted octanol–water partition coefficient (Wildman–Crippen LogP) is 4.30. The number of sulfonamides is 1. The van der Waals surface area contributed by atoms with E-state index < -0.39 is 10.0 Å². The minimum Gasteiger partial charge on any atom is -0.493 e. The largest absolute Gasteiger partial charge is 0.493 e. The van der Waals surface area contributed by atoms with Crippen molar-refractivity contribution in [3.8, 4) is 5.75 Å². The fraction of sp³-hybridized carbons (Fsp3) is 0.714. The average molecular weight is 398 g/mol. The van der Waals surface area contributed by atoms with Crippen LogP contribution >= 0.6 is 0 Å². The van der Waals surface area contributed by atoms with E-state index in [-0.39, 0.29) is 17.2 Å². The van der Waals surface area contributed by atoms with Crippen LogP contribution in [0.25, 0.3) is 0 Å². The van der Waals surface area contributed by atoms with Gasteiger partial charge in [-0.3, -0.25) is 0 Å². The summed E-state index contributed by atoms with van der Waals surface area (Å²) in [7, 11) is -3.36. The van der Waals surface area contributed by atoms with E-state index in [9.17, 15) is 8.42 Å². The lowest BCUT2D eigenvalue weighted by Crippen LogP contribution is -2.31. The number of nitrogens with one attached hydrogen (secondary N) is 1. The Kier molecular flexibility index (Phi) is 8.13. The summed E-state index contributed by atoms with van der Waals surface area (Å²) < 4.78 is 39.1. The summed E-state index contributed by atoms with van der Waals surface area (Å²) in [6.45, 7) is 10.1. The Bertz CT molecular complexity index is 678. The SMILES string of the molecule is CC[C@@H](NS(=O)(=O)CCCOCC(C)(C)C)c1cccc(OCC2CC2)c1. The Morgan fingerprint density at radius 2 is 2.00 bits per heavy atom. The first-order chi connectivity index (χ1) is 12.7. The van der Waals surface area contributed by atoms with Crippen LogP contribution in [0.5, 0.6) is 5.75 Å². The van der Waals surface area contributed by atoms with Gasteiger partial charge in [0.25, 0.3) is 0 Å². The van der Waals surface area contributed by atoms with Gasteiger partial charge in [0.15, 0.2) is 0 Å². The molecule has 0 amide bonds. The third-order valence-corrected chi connectivity index (χ3v) is 5.88. The van der Waals surface area contributed by atoms with Crippen LogP contribution in [0.3, 0.4) is 0 Å². The van der Waals surface area contributed by atoms with Crippen molar-refractivity contribution >= 4 is 10.0 Å². The normalized spacial score (nSPS) is 16.3. The molecule has 5 nitrogen and oxygen atoms in total. The molecule has 27 heavy (non-hydrogen) atoms. The number of ether oxygens (including phenoxy) is 2. The number of hydrogen-bond donors (Lipinski definition) is 1. The van der Waals surface area contributed by atoms with Gasteiger partial charge in [0.05, 0.1) is 19.0 Å². The van der Waals surface area contributed by atoms with Crippen LogP contribution in [-0.2, 0) is 14.8 Å². The molecule has 0 radical (unpaired) electrons. The summed E-state index contributed by atoms with van der Waals surface area (Å²) in [6.07, 6.45) is 3.67. The Labute approximate surface area is 164 Å². The second-order valence-corrected chi connectivity index (χ2v) is 10.6. The van der Waals surface area contributed by atoms with E-state index in [1.807, 2.05) is 31.2 Å². The molecule has 2 rings (SSSR count). The fourth-order valence-electron chi connectivity index (χ4n) is 2.71. The summed E-state index contributed by atoms with van der Waals surface area (Å²) >= 11 is 0. The zero-order valence-electron chi connectivity index (χ0n) is 17.2. The number of rotatable bonds is 12. The molecule has 0 saturated heterocycles. The Morgan fingerprint density at radius 3 is 2.63 bits per heavy atom. The molecule has 1 aromatic rings. The molecule has 0 aromatic heterocycles. The lowest BCUT2D eigenvalue weighted by atomic mass is 9.99. The molecule has 6 heteroatoms. The van der Waals surface area contributed by atoms with Gasteiger partial charge < -0.3 is 9.47 Å². The monoisotopic (exact) mass is 397 g/mol. The molecule has 1 saturated carbocycles. The molecule has 1 atom stereocenters. The van der Waals surface area contributed by atoms with E-state index in [1.54, 1.807) is 0 Å². The van der Waals surface area contributed by atoms with E-state index in [2.05, 4.69) is 25.5 Å². The van der Waals surface area contributed by atoms with Crippen LogP contribution in [0.4, 0.5) is 0 Å². The molecule has 0 unspecified atom stereocenters. The molecule has 1 aliphatic rings. The van der Waals surface area contributed by atoms with Crippen molar-refractivity contribution in [1.82, 2.24) is 4.72 Å². The van der Waals surface area contributed by atoms with Crippen molar-refractivity contribution in [2.75, 3.05) is 25.6 Å². The molecule has 0 spiro atoms. The lowest BCUT2D eigenvalue weighted by molar-refractivity contribution is 0.0720. The smallest absolute Gasteiger partial charge is 0.212 e. The van der Waals surface area contributed by atoms with E-state index in [1.165, 1.54) is 12.8 Å². The Hall–Kier alpha value is -1.11. The molecule has 1 fully saturated rings. The van der Waals surface area contributed by atoms with E-state index in [0.29, 0.717) is 32.0 Å². The van der Waals surface area contributed by atoms with Gasteiger partial charge in [-0.25, -0.2) is 13.1 Å². The second-order valence-electron chi connectivity index (χ2n) is 8.69. The van der Waals surface area contributed by atoms with Gasteiger partial charge in [0.2, 0.25) is 10.0 Å². The van der Waals surface area contributed by atoms with Crippen molar-refractivity contribution in [1.29, 1.82) is 0 Å². The highest BCUT2D eigenvalue weighted by molar-refractivity contribution is 7.89. The van der Waals surface area contributed by atoms with Gasteiger partial charge in [-0.05, 0) is 54.7 Å². The first-order valence-corrected chi connectivity index (χ1v) is 11.6. The van der Waals surface area contributed by atoms with E-state index in [4.69, 9.17) is 9.47 Å². The Balaban J connectivity index is 1.84. The van der Waals surface area contributed by atoms with Crippen LogP contribution < -0.4 is 9.46 Å². The van der Waals surface area contributed by atoms with Crippen LogP contribution in [-0.4, -0.2) is 34.0 Å². The zero-order valence-corrected chi connectivity index (χ0v) is 18.0. The molecular weight excluding hydrogens is 362 g/mol. The molecular formula is C21H35NO4S. The maximum Gasteiger partial charge on any atom is 0.212 e. The topological polar surface area (TPSA) is 64.6 Å². The summed E-state index contributed by atoms with van der Waals surface area (Å²) in [5.74, 6) is 1.58. The van der Waals surface area contributed by atoms with Gasteiger partial charge in [-0.1, -0.05) is 39.8 Å². The number of hydrogen-bond acceptors (Lipinski definition) is 4. The van der Waals surface area contributed by atoms with Crippen molar-refractivity contribution in [2.24, 2.45) is 11.3 Å². The third-order valence-electron chi connectivity index (χ3n) is 4.41. The van der Waals surface area contributed by atoms with Crippen LogP contribution in [0.2, 0.25) is 0 Å². The molecule has 0 heterocycles. The highest BCUT2D eigenvalue weighted by Gasteiger charge is 2.22. The summed E-state index contributed by atoms with van der Waals surface area (Å²) in [6, 6.07) is 7.52. The quantitative estimate of drug-likeness (QED) is 0.534. The summed E-state index contributed by atoms with van der Waals surface area (Å²) in [5.41, 5.74) is 1.04. The van der Waals surface area contributed by atoms with Crippen LogP contribution in [0.1, 0.15) is 65.0 Å². The lowest BCUT2D eigenvalue weighted by Gasteiger charge is -2.19. The number of benzene rings is 1. The van der Waals surface area contributed by atoms with Gasteiger partial charge in [0, 0.05) is 12.6 Å². The minimum absolute atomic E-state index is 0.0749. The molecule has 1 aliphatic carbocycles. The summed E-state index contributed by atoms with van der Waals surface area (Å²) in [4.78, 5) is 0. The molecule has 0 aliphatic heterocycles. The van der Waals surface area contributed by atoms with Crippen LogP contribution in [0.15, 0.2) is 24.3 Å². The van der Waals surface area contributed by atoms with Gasteiger partial charge in [0.1, 0.15) is 5.75 Å². The van der Waals surface area contributed by atoms with Gasteiger partial charge >= 0.3 is 0 Å². The van der Waals surface area contributed by atoms with Crippen molar-refractivity contribution in [3.63, 3.8) is 0 Å². The average Bonchev–Trinajstić information content (AvgIpc) is 3.41. The van der Waals surface area contributed by atoms with Crippen molar-refractivity contribution in [3.05, 3.63) is 29.8 Å². The molecule has 1 aromatic carbocycles. The highest BCUT2D eigenvalue weighted by atomic mass is 32.2. The first kappa shape index (κ1) is 22.2. The molecule has 0 bridgehead atoms. The predicted molar refractivity (Wildman–Crippen MR) is 110 cm³/mol. The third kappa shape index (κ3) is 9.08. The Morgan fingerprint density at radius 1 is 1.26 bits per heavy atom. The molecule has 1 N–H and O–H groups in total. The fourth-order valence-corrected chi connectivity index (χ4v) is 4.06. The molecule has 154 valence electrons. The van der Waals surface area contributed by atoms with Gasteiger partial charge in [-0.2, -0.15) is 0 Å². The maximum atomic E-state index is 12.4. The zero-order chi connectivity index (χ0) is 19.9. The summed E-state index contributed by atoms with van der Waals surface area (Å²) in [5, 5.41) is 0. The first-order valence-electron chi connectivity index (χ1n) is 9.99.